The summed E-state index contributed by atoms with van der Waals surface area (Å²) in [6.07, 6.45) is 4.11. The highest BCUT2D eigenvalue weighted by Crippen LogP contribution is 2.32. The molecule has 1 fully saturated rings. The van der Waals surface area contributed by atoms with Gasteiger partial charge in [0.1, 0.15) is 22.0 Å². The largest absolute Gasteiger partial charge is 0.493 e. The van der Waals surface area contributed by atoms with Crippen LogP contribution in [0.3, 0.4) is 0 Å². The average molecular weight is 513 g/mol. The second-order valence-electron chi connectivity index (χ2n) is 8.11. The molecule has 9 nitrogen and oxygen atoms in total. The number of benzene rings is 2. The fraction of sp³-hybridized carbons (Fsp3) is 0.292. The van der Waals surface area contributed by atoms with Crippen molar-refractivity contribution in [2.75, 3.05) is 20.3 Å². The molecule has 11 heteroatoms. The first-order valence-corrected chi connectivity index (χ1v) is 13.2. The van der Waals surface area contributed by atoms with Gasteiger partial charge in [0.05, 0.1) is 32.1 Å². The molecule has 1 saturated heterocycles. The zero-order valence-electron chi connectivity index (χ0n) is 19.0. The number of hydrogen-bond acceptors (Lipinski definition) is 9. The van der Waals surface area contributed by atoms with Crippen LogP contribution in [0.5, 0.6) is 11.5 Å². The molecule has 0 bridgehead atoms. The van der Waals surface area contributed by atoms with Crippen molar-refractivity contribution in [3.63, 3.8) is 0 Å². The van der Waals surface area contributed by atoms with Gasteiger partial charge in [-0.3, -0.25) is 4.98 Å². The van der Waals surface area contributed by atoms with Crippen molar-refractivity contribution in [3.8, 4) is 11.5 Å². The van der Waals surface area contributed by atoms with Crippen molar-refractivity contribution < 1.29 is 22.6 Å². The molecule has 0 N–H and O–H groups in total. The number of rotatable bonds is 9. The summed E-state index contributed by atoms with van der Waals surface area (Å²) in [5, 5.41) is 0. The van der Waals surface area contributed by atoms with E-state index in [1.165, 1.54) is 4.31 Å². The molecule has 0 spiro atoms. The van der Waals surface area contributed by atoms with E-state index in [4.69, 9.17) is 14.2 Å². The van der Waals surface area contributed by atoms with E-state index >= 15 is 0 Å². The number of ether oxygens (including phenoxy) is 3. The Kier molecular flexibility index (Phi) is 6.91. The maximum atomic E-state index is 13.9. The molecule has 1 atom stereocenters. The zero-order valence-corrected chi connectivity index (χ0v) is 20.7. The summed E-state index contributed by atoms with van der Waals surface area (Å²) in [5.74, 6) is 1.14. The van der Waals surface area contributed by atoms with Crippen LogP contribution in [0.4, 0.5) is 0 Å². The molecule has 2 aromatic carbocycles. The summed E-state index contributed by atoms with van der Waals surface area (Å²) in [4.78, 5) is 4.27. The predicted octanol–water partition coefficient (Wildman–Crippen LogP) is 3.65. The van der Waals surface area contributed by atoms with Crippen molar-refractivity contribution >= 4 is 32.8 Å². The van der Waals surface area contributed by atoms with E-state index in [1.54, 1.807) is 43.8 Å². The first kappa shape index (κ1) is 23.6. The minimum atomic E-state index is -3.92. The Bertz CT molecular complexity index is 1410. The van der Waals surface area contributed by atoms with Crippen LogP contribution in [-0.2, 0) is 27.8 Å². The smallest absolute Gasteiger partial charge is 0.245 e. The number of methoxy groups -OCH3 is 1. The van der Waals surface area contributed by atoms with Crippen molar-refractivity contribution in [2.24, 2.45) is 0 Å². The van der Waals surface area contributed by atoms with Crippen LogP contribution < -0.4 is 9.47 Å². The number of hydrogen-bond donors (Lipinski definition) is 0. The SMILES string of the molecule is COc1cc(CN(Cc2cccnc2)S(=O)(=O)c2cccc3nsnc23)ccc1O[C@H]1CCOC1. The Morgan fingerprint density at radius 3 is 2.74 bits per heavy atom. The van der Waals surface area contributed by atoms with Crippen molar-refractivity contribution in [2.45, 2.75) is 30.5 Å². The van der Waals surface area contributed by atoms with Gasteiger partial charge in [-0.15, -0.1) is 0 Å². The van der Waals surface area contributed by atoms with Gasteiger partial charge in [0, 0.05) is 31.9 Å². The van der Waals surface area contributed by atoms with Crippen molar-refractivity contribution in [1.82, 2.24) is 18.0 Å². The minimum absolute atomic E-state index is 0.0237. The van der Waals surface area contributed by atoms with Gasteiger partial charge in [0.15, 0.2) is 11.5 Å². The summed E-state index contributed by atoms with van der Waals surface area (Å²) < 4.78 is 54.6. The maximum absolute atomic E-state index is 13.9. The quantitative estimate of drug-likeness (QED) is 0.335. The van der Waals surface area contributed by atoms with E-state index < -0.39 is 10.0 Å². The van der Waals surface area contributed by atoms with Gasteiger partial charge in [-0.25, -0.2) is 8.42 Å². The lowest BCUT2D eigenvalue weighted by atomic mass is 10.2. The lowest BCUT2D eigenvalue weighted by Crippen LogP contribution is -2.30. The predicted molar refractivity (Wildman–Crippen MR) is 131 cm³/mol. The molecular weight excluding hydrogens is 488 g/mol. The van der Waals surface area contributed by atoms with Gasteiger partial charge < -0.3 is 14.2 Å². The lowest BCUT2D eigenvalue weighted by molar-refractivity contribution is 0.138. The number of nitrogens with zero attached hydrogens (tertiary/aromatic N) is 4. The van der Waals surface area contributed by atoms with Crippen molar-refractivity contribution in [1.29, 1.82) is 0 Å². The number of aromatic nitrogens is 3. The third-order valence-electron chi connectivity index (χ3n) is 5.72. The molecule has 182 valence electrons. The second-order valence-corrected chi connectivity index (χ2v) is 10.5. The molecule has 3 heterocycles. The fourth-order valence-corrected chi connectivity index (χ4v) is 6.12. The summed E-state index contributed by atoms with van der Waals surface area (Å²) in [6.45, 7) is 1.48. The minimum Gasteiger partial charge on any atom is -0.493 e. The van der Waals surface area contributed by atoms with Crippen molar-refractivity contribution in [3.05, 3.63) is 72.1 Å². The van der Waals surface area contributed by atoms with E-state index in [1.807, 2.05) is 24.3 Å². The monoisotopic (exact) mass is 512 g/mol. The highest BCUT2D eigenvalue weighted by molar-refractivity contribution is 7.89. The molecule has 2 aromatic heterocycles. The van der Waals surface area contributed by atoms with Gasteiger partial charge in [-0.2, -0.15) is 13.1 Å². The Balaban J connectivity index is 1.48. The normalized spacial score (nSPS) is 16.1. The van der Waals surface area contributed by atoms with Crippen LogP contribution in [0.2, 0.25) is 0 Å². The van der Waals surface area contributed by atoms with Crippen LogP contribution in [-0.4, -0.2) is 52.9 Å². The van der Waals surface area contributed by atoms with E-state index in [2.05, 4.69) is 13.7 Å². The van der Waals surface area contributed by atoms with E-state index in [0.717, 1.165) is 29.3 Å². The average Bonchev–Trinajstić information content (AvgIpc) is 3.57. The molecule has 5 rings (SSSR count). The topological polar surface area (TPSA) is 104 Å². The third kappa shape index (κ3) is 5.13. The van der Waals surface area contributed by atoms with E-state index in [-0.39, 0.29) is 24.1 Å². The molecule has 0 amide bonds. The van der Waals surface area contributed by atoms with Gasteiger partial charge >= 0.3 is 0 Å². The Morgan fingerprint density at radius 1 is 1.09 bits per heavy atom. The lowest BCUT2D eigenvalue weighted by Gasteiger charge is -2.23. The standard InChI is InChI=1S/C24H24N4O5S2/c1-31-22-12-17(7-8-21(22)33-19-9-11-32-16-19)14-28(15-18-4-3-10-25-13-18)35(29,30)23-6-2-5-20-24(23)27-34-26-20/h2-8,10,12-13,19H,9,11,14-16H2,1H3/t19-/m0/s1. The summed E-state index contributed by atoms with van der Waals surface area (Å²) in [5.41, 5.74) is 2.45. The molecular formula is C24H24N4O5S2. The Morgan fingerprint density at radius 2 is 1.97 bits per heavy atom. The van der Waals surface area contributed by atoms with Gasteiger partial charge in [-0.05, 0) is 41.5 Å². The molecule has 0 saturated carbocycles. The summed E-state index contributed by atoms with van der Waals surface area (Å²) in [6, 6.07) is 14.1. The molecule has 35 heavy (non-hydrogen) atoms. The van der Waals surface area contributed by atoms with Crippen LogP contribution in [0, 0.1) is 0 Å². The Labute approximate surface area is 207 Å². The third-order valence-corrected chi connectivity index (χ3v) is 8.08. The fourth-order valence-electron chi connectivity index (χ4n) is 3.95. The highest BCUT2D eigenvalue weighted by Gasteiger charge is 2.29. The number of pyridine rings is 1. The number of fused-ring (bicyclic) bond motifs is 1. The molecule has 0 radical (unpaired) electrons. The molecule has 4 aromatic rings. The number of sulfonamides is 1. The highest BCUT2D eigenvalue weighted by atomic mass is 32.2. The summed E-state index contributed by atoms with van der Waals surface area (Å²) >= 11 is 0.990. The first-order chi connectivity index (χ1) is 17.0. The maximum Gasteiger partial charge on any atom is 0.245 e. The van der Waals surface area contributed by atoms with Gasteiger partial charge in [0.2, 0.25) is 10.0 Å². The van der Waals surface area contributed by atoms with Crippen LogP contribution >= 0.6 is 11.7 Å². The van der Waals surface area contributed by atoms with Crippen LogP contribution in [0.15, 0.2) is 65.8 Å². The second kappa shape index (κ2) is 10.2. The summed E-state index contributed by atoms with van der Waals surface area (Å²) in [7, 11) is -2.35. The molecule has 1 aliphatic heterocycles. The molecule has 0 aliphatic carbocycles. The van der Waals surface area contributed by atoms with E-state index in [0.29, 0.717) is 35.7 Å². The van der Waals surface area contributed by atoms with Crippen LogP contribution in [0.25, 0.3) is 11.0 Å². The van der Waals surface area contributed by atoms with Crippen LogP contribution in [0.1, 0.15) is 17.5 Å². The first-order valence-electron chi connectivity index (χ1n) is 11.1. The van der Waals surface area contributed by atoms with E-state index in [9.17, 15) is 8.42 Å². The van der Waals surface area contributed by atoms with Gasteiger partial charge in [-0.1, -0.05) is 18.2 Å². The Hall–Kier alpha value is -3.12. The zero-order chi connectivity index (χ0) is 24.3. The van der Waals surface area contributed by atoms with Gasteiger partial charge in [0.25, 0.3) is 0 Å². The molecule has 0 unspecified atom stereocenters. The molecule has 1 aliphatic rings.